The van der Waals surface area contributed by atoms with Crippen molar-refractivity contribution in [2.75, 3.05) is 34.4 Å². The summed E-state index contributed by atoms with van der Waals surface area (Å²) in [6.07, 6.45) is 5.22. The Morgan fingerprint density at radius 2 is 1.27 bits per heavy atom. The van der Waals surface area contributed by atoms with Gasteiger partial charge in [0.2, 0.25) is 0 Å². The Labute approximate surface area is 233 Å². The number of methoxy groups -OCH3 is 2. The van der Waals surface area contributed by atoms with Crippen LogP contribution < -0.4 is 0 Å². The molecular formula is C30H33N5O5. The number of carbonyl (C=O) groups excluding carboxylic acids is 3. The molecule has 10 nitrogen and oxygen atoms in total. The molecule has 0 amide bonds. The second-order valence-corrected chi connectivity index (χ2v) is 10.4. The second kappa shape index (κ2) is 11.2. The van der Waals surface area contributed by atoms with Crippen molar-refractivity contribution in [1.82, 2.24) is 24.8 Å². The Bertz CT molecular complexity index is 1280. The molecule has 0 spiro atoms. The van der Waals surface area contributed by atoms with Crippen LogP contribution in [0, 0.1) is 10.8 Å². The lowest BCUT2D eigenvalue weighted by Crippen LogP contribution is -2.69. The predicted molar refractivity (Wildman–Crippen MR) is 144 cm³/mol. The molecule has 0 radical (unpaired) electrons. The average Bonchev–Trinajstić information content (AvgIpc) is 3.00. The molecule has 4 unspecified atom stereocenters. The zero-order valence-electron chi connectivity index (χ0n) is 22.9. The van der Waals surface area contributed by atoms with E-state index in [0.717, 1.165) is 0 Å². The van der Waals surface area contributed by atoms with Gasteiger partial charge in [0.1, 0.15) is 10.8 Å². The van der Waals surface area contributed by atoms with Gasteiger partial charge in [-0.05, 0) is 69.4 Å². The molecule has 208 valence electrons. The number of ketones is 1. The van der Waals surface area contributed by atoms with Gasteiger partial charge in [-0.15, -0.1) is 0 Å². The van der Waals surface area contributed by atoms with Crippen LogP contribution in [0.25, 0.3) is 0 Å². The first-order valence-electron chi connectivity index (χ1n) is 13.3. The van der Waals surface area contributed by atoms with E-state index in [4.69, 9.17) is 9.47 Å². The van der Waals surface area contributed by atoms with Crippen molar-refractivity contribution >= 4 is 17.7 Å². The molecule has 4 atom stereocenters. The van der Waals surface area contributed by atoms with E-state index in [9.17, 15) is 9.59 Å². The number of Topliss-reactive ketones (excluding diaryl/α,β-unsaturated/α-hetero) is 1. The first-order valence-corrected chi connectivity index (χ1v) is 13.3. The fraction of sp³-hybridized carbons (Fsp3) is 0.400. The third-order valence-electron chi connectivity index (χ3n) is 8.29. The topological polar surface area (TPSA) is 115 Å². The molecule has 0 saturated carbocycles. The molecule has 2 aliphatic rings. The standard InChI is InChI=1S/C30H33N5O5/c1-34-18-13-29(27(37)39-2)24(22-11-5-8-16-32-22)35(20-21-10-4-7-15-31-21)25(23-12-6-9-17-33-23)30(14-19-34,26(29)36)28(38)40-3/h4-12,15-17,24-25H,13-14,18-20H2,1-3H3. The van der Waals surface area contributed by atoms with Gasteiger partial charge in [0.15, 0.2) is 5.78 Å². The van der Waals surface area contributed by atoms with Crippen LogP contribution in [0.4, 0.5) is 0 Å². The molecule has 2 fully saturated rings. The number of ether oxygens (including phenoxy) is 2. The van der Waals surface area contributed by atoms with Crippen molar-refractivity contribution in [3.8, 4) is 0 Å². The lowest BCUT2D eigenvalue weighted by molar-refractivity contribution is -0.197. The van der Waals surface area contributed by atoms with Crippen molar-refractivity contribution in [3.63, 3.8) is 0 Å². The van der Waals surface area contributed by atoms with Crippen molar-refractivity contribution in [2.24, 2.45) is 10.8 Å². The molecular weight excluding hydrogens is 510 g/mol. The molecule has 0 aromatic carbocycles. The summed E-state index contributed by atoms with van der Waals surface area (Å²) in [4.78, 5) is 61.2. The summed E-state index contributed by atoms with van der Waals surface area (Å²) in [5, 5.41) is 0. The van der Waals surface area contributed by atoms with E-state index in [0.29, 0.717) is 30.2 Å². The van der Waals surface area contributed by atoms with E-state index < -0.39 is 40.6 Å². The molecule has 3 aromatic heterocycles. The molecule has 5 rings (SSSR count). The van der Waals surface area contributed by atoms with Crippen LogP contribution in [0.3, 0.4) is 0 Å². The summed E-state index contributed by atoms with van der Waals surface area (Å²) in [5.41, 5.74) is -1.79. The molecule has 3 aromatic rings. The zero-order valence-corrected chi connectivity index (χ0v) is 22.9. The predicted octanol–water partition coefficient (Wildman–Crippen LogP) is 2.78. The number of fused-ring (bicyclic) bond motifs is 2. The number of carbonyl (C=O) groups is 3. The minimum Gasteiger partial charge on any atom is -0.468 e. The molecule has 10 heteroatoms. The molecule has 2 aliphatic heterocycles. The largest absolute Gasteiger partial charge is 0.468 e. The van der Waals surface area contributed by atoms with E-state index in [-0.39, 0.29) is 19.4 Å². The SMILES string of the molecule is COC(=O)C12CCN(C)CCC(C(=O)OC)(C1=O)C(c1ccccn1)N(Cc1ccccn1)C2c1ccccn1. The summed E-state index contributed by atoms with van der Waals surface area (Å²) in [7, 11) is 4.46. The van der Waals surface area contributed by atoms with Gasteiger partial charge in [-0.2, -0.15) is 0 Å². The number of hydrogen-bond donors (Lipinski definition) is 0. The van der Waals surface area contributed by atoms with Gasteiger partial charge < -0.3 is 14.4 Å². The summed E-state index contributed by atoms with van der Waals surface area (Å²) in [5.74, 6) is -1.93. The maximum absolute atomic E-state index is 15.2. The van der Waals surface area contributed by atoms with Crippen molar-refractivity contribution in [3.05, 3.63) is 90.3 Å². The quantitative estimate of drug-likeness (QED) is 0.340. The first kappa shape index (κ1) is 27.5. The molecule has 2 saturated heterocycles. The van der Waals surface area contributed by atoms with Gasteiger partial charge in [-0.25, -0.2) is 0 Å². The van der Waals surface area contributed by atoms with Gasteiger partial charge >= 0.3 is 11.9 Å². The Hall–Kier alpha value is -4.02. The van der Waals surface area contributed by atoms with E-state index in [1.54, 1.807) is 42.9 Å². The smallest absolute Gasteiger partial charge is 0.321 e. The molecule has 40 heavy (non-hydrogen) atoms. The summed E-state index contributed by atoms with van der Waals surface area (Å²) < 4.78 is 10.8. The molecule has 5 heterocycles. The maximum atomic E-state index is 15.2. The third kappa shape index (κ3) is 4.37. The number of pyridine rings is 3. The monoisotopic (exact) mass is 543 g/mol. The average molecular weight is 544 g/mol. The van der Waals surface area contributed by atoms with Crippen LogP contribution in [0.2, 0.25) is 0 Å². The Balaban J connectivity index is 1.90. The zero-order chi connectivity index (χ0) is 28.3. The van der Waals surface area contributed by atoms with Gasteiger partial charge in [-0.1, -0.05) is 18.2 Å². The number of rotatable bonds is 6. The van der Waals surface area contributed by atoms with Gasteiger partial charge in [0.05, 0.1) is 43.4 Å². The minimum atomic E-state index is -1.76. The first-order chi connectivity index (χ1) is 19.4. The van der Waals surface area contributed by atoms with Crippen molar-refractivity contribution in [2.45, 2.75) is 31.5 Å². The number of hydrogen-bond acceptors (Lipinski definition) is 10. The summed E-state index contributed by atoms with van der Waals surface area (Å²) in [6.45, 7) is 1.09. The third-order valence-corrected chi connectivity index (χ3v) is 8.29. The fourth-order valence-corrected chi connectivity index (χ4v) is 6.47. The lowest BCUT2D eigenvalue weighted by Gasteiger charge is -2.58. The Kier molecular flexibility index (Phi) is 7.73. The van der Waals surface area contributed by atoms with Gasteiger partial charge in [0.25, 0.3) is 0 Å². The van der Waals surface area contributed by atoms with E-state index >= 15 is 4.79 Å². The van der Waals surface area contributed by atoms with Crippen LogP contribution in [-0.4, -0.2) is 76.8 Å². The number of esters is 2. The number of nitrogens with zero attached hydrogens (tertiary/aromatic N) is 5. The van der Waals surface area contributed by atoms with Crippen molar-refractivity contribution < 1.29 is 23.9 Å². The van der Waals surface area contributed by atoms with E-state index in [1.807, 2.05) is 47.2 Å². The highest BCUT2D eigenvalue weighted by Crippen LogP contribution is 2.61. The molecule has 0 N–H and O–H groups in total. The van der Waals surface area contributed by atoms with Crippen molar-refractivity contribution in [1.29, 1.82) is 0 Å². The number of piperidine rings is 1. The molecule has 2 bridgehead atoms. The fourth-order valence-electron chi connectivity index (χ4n) is 6.47. The van der Waals surface area contributed by atoms with Crippen LogP contribution in [0.15, 0.2) is 73.2 Å². The molecule has 0 aliphatic carbocycles. The van der Waals surface area contributed by atoms with Gasteiger partial charge in [-0.3, -0.25) is 34.2 Å². The van der Waals surface area contributed by atoms with Crippen LogP contribution in [0.5, 0.6) is 0 Å². The number of likely N-dealkylation sites (tertiary alicyclic amines) is 2. The summed E-state index contributed by atoms with van der Waals surface area (Å²) >= 11 is 0. The Morgan fingerprint density at radius 1 is 0.800 bits per heavy atom. The van der Waals surface area contributed by atoms with E-state index in [2.05, 4.69) is 15.0 Å². The minimum absolute atomic E-state index is 0.128. The Morgan fingerprint density at radius 3 is 1.68 bits per heavy atom. The van der Waals surface area contributed by atoms with Gasteiger partial charge in [0, 0.05) is 25.1 Å². The normalized spacial score (nSPS) is 27.3. The highest BCUT2D eigenvalue weighted by Gasteiger charge is 2.72. The highest BCUT2D eigenvalue weighted by atomic mass is 16.5. The number of aromatic nitrogens is 3. The highest BCUT2D eigenvalue weighted by molar-refractivity contribution is 6.16. The van der Waals surface area contributed by atoms with E-state index in [1.165, 1.54) is 14.2 Å². The summed E-state index contributed by atoms with van der Waals surface area (Å²) in [6, 6.07) is 14.6. The second-order valence-electron chi connectivity index (χ2n) is 10.4. The van der Waals surface area contributed by atoms with Crippen LogP contribution in [0.1, 0.15) is 42.0 Å². The van der Waals surface area contributed by atoms with Crippen LogP contribution in [-0.2, 0) is 30.4 Å². The maximum Gasteiger partial charge on any atom is 0.321 e. The van der Waals surface area contributed by atoms with Crippen LogP contribution >= 0.6 is 0 Å². The lowest BCUT2D eigenvalue weighted by atomic mass is 9.54.